The van der Waals surface area contributed by atoms with E-state index in [4.69, 9.17) is 4.74 Å². The van der Waals surface area contributed by atoms with Crippen LogP contribution in [-0.2, 0) is 0 Å². The zero-order chi connectivity index (χ0) is 15.6. The van der Waals surface area contributed by atoms with Crippen LogP contribution in [0.2, 0.25) is 0 Å². The summed E-state index contributed by atoms with van der Waals surface area (Å²) in [6.45, 7) is 2.46. The highest BCUT2D eigenvalue weighted by atomic mass is 16.5. The molecule has 6 nitrogen and oxygen atoms in total. The molecule has 1 aliphatic rings. The van der Waals surface area contributed by atoms with Gasteiger partial charge < -0.3 is 14.7 Å². The maximum atomic E-state index is 12.3. The molecule has 0 spiro atoms. The van der Waals surface area contributed by atoms with E-state index in [2.05, 4.69) is 10.2 Å². The highest BCUT2D eigenvalue weighted by Crippen LogP contribution is 2.27. The SMILES string of the molecule is C[C@]1(O)CN(C(=O)c2ccn[nH]2)CC[C@@H]1Oc1ccccc1. The molecule has 3 rings (SSSR count). The van der Waals surface area contributed by atoms with Gasteiger partial charge in [0.15, 0.2) is 0 Å². The van der Waals surface area contributed by atoms with Crippen molar-refractivity contribution in [1.82, 2.24) is 15.1 Å². The molecule has 22 heavy (non-hydrogen) atoms. The van der Waals surface area contributed by atoms with Crippen molar-refractivity contribution in [2.75, 3.05) is 13.1 Å². The number of likely N-dealkylation sites (tertiary alicyclic amines) is 1. The smallest absolute Gasteiger partial charge is 0.271 e. The van der Waals surface area contributed by atoms with Crippen molar-refractivity contribution in [2.45, 2.75) is 25.0 Å². The molecule has 2 atom stereocenters. The molecule has 1 saturated heterocycles. The summed E-state index contributed by atoms with van der Waals surface area (Å²) in [7, 11) is 0. The fraction of sp³-hybridized carbons (Fsp3) is 0.375. The summed E-state index contributed by atoms with van der Waals surface area (Å²) in [5.74, 6) is 0.567. The number of nitrogens with one attached hydrogen (secondary N) is 1. The Hall–Kier alpha value is -2.34. The van der Waals surface area contributed by atoms with Gasteiger partial charge in [-0.15, -0.1) is 0 Å². The van der Waals surface area contributed by atoms with Gasteiger partial charge in [-0.05, 0) is 25.1 Å². The van der Waals surface area contributed by atoms with E-state index in [1.54, 1.807) is 17.9 Å². The maximum Gasteiger partial charge on any atom is 0.271 e. The Morgan fingerprint density at radius 3 is 2.82 bits per heavy atom. The zero-order valence-corrected chi connectivity index (χ0v) is 12.4. The summed E-state index contributed by atoms with van der Waals surface area (Å²) in [6, 6.07) is 11.0. The van der Waals surface area contributed by atoms with Crippen molar-refractivity contribution >= 4 is 5.91 Å². The Balaban J connectivity index is 1.68. The van der Waals surface area contributed by atoms with Crippen LogP contribution in [0, 0.1) is 0 Å². The van der Waals surface area contributed by atoms with Gasteiger partial charge in [0.1, 0.15) is 23.1 Å². The summed E-state index contributed by atoms with van der Waals surface area (Å²) in [4.78, 5) is 13.9. The number of para-hydroxylation sites is 1. The van der Waals surface area contributed by atoms with Crippen LogP contribution in [0.5, 0.6) is 5.75 Å². The highest BCUT2D eigenvalue weighted by molar-refractivity contribution is 5.92. The third-order valence-electron chi connectivity index (χ3n) is 3.91. The number of nitrogens with zero attached hydrogens (tertiary/aromatic N) is 2. The molecule has 0 bridgehead atoms. The molecule has 2 heterocycles. The van der Waals surface area contributed by atoms with Crippen LogP contribution in [-0.4, -0.2) is 50.9 Å². The number of hydrogen-bond acceptors (Lipinski definition) is 4. The molecule has 0 unspecified atom stereocenters. The standard InChI is InChI=1S/C16H19N3O3/c1-16(21)11-19(15(20)13-7-9-17-18-13)10-8-14(16)22-12-5-3-2-4-6-12/h2-7,9,14,21H,8,10-11H2,1H3,(H,17,18)/t14-,16-/m0/s1. The topological polar surface area (TPSA) is 78.5 Å². The van der Waals surface area contributed by atoms with Crippen LogP contribution in [0.15, 0.2) is 42.6 Å². The van der Waals surface area contributed by atoms with E-state index in [-0.39, 0.29) is 18.6 Å². The monoisotopic (exact) mass is 301 g/mol. The second-order valence-electron chi connectivity index (χ2n) is 5.76. The van der Waals surface area contributed by atoms with Gasteiger partial charge in [-0.3, -0.25) is 9.89 Å². The van der Waals surface area contributed by atoms with Gasteiger partial charge in [0.05, 0.1) is 6.54 Å². The average Bonchev–Trinajstić information content (AvgIpc) is 3.03. The molecular weight excluding hydrogens is 282 g/mol. The lowest BCUT2D eigenvalue weighted by Gasteiger charge is -2.42. The number of rotatable bonds is 3. The predicted octanol–water partition coefficient (Wildman–Crippen LogP) is 1.45. The Labute approximate surface area is 128 Å². The number of piperidine rings is 1. The molecule has 1 amide bonds. The fourth-order valence-corrected chi connectivity index (χ4v) is 2.72. The van der Waals surface area contributed by atoms with E-state index in [0.29, 0.717) is 18.7 Å². The number of aromatic amines is 1. The number of H-pyrrole nitrogens is 1. The van der Waals surface area contributed by atoms with Crippen molar-refractivity contribution in [3.05, 3.63) is 48.3 Å². The van der Waals surface area contributed by atoms with Gasteiger partial charge in [-0.25, -0.2) is 0 Å². The van der Waals surface area contributed by atoms with Gasteiger partial charge in [0.2, 0.25) is 0 Å². The quantitative estimate of drug-likeness (QED) is 0.899. The summed E-state index contributed by atoms with van der Waals surface area (Å²) >= 11 is 0. The second kappa shape index (κ2) is 5.81. The van der Waals surface area contributed by atoms with Crippen LogP contribution in [0.25, 0.3) is 0 Å². The number of carbonyl (C=O) groups is 1. The number of aliphatic hydroxyl groups is 1. The Kier molecular flexibility index (Phi) is 3.85. The van der Waals surface area contributed by atoms with E-state index in [0.717, 1.165) is 5.75 Å². The van der Waals surface area contributed by atoms with Crippen molar-refractivity contribution in [2.24, 2.45) is 0 Å². The molecule has 1 aromatic heterocycles. The van der Waals surface area contributed by atoms with Crippen molar-refractivity contribution in [3.63, 3.8) is 0 Å². The molecular formula is C16H19N3O3. The minimum absolute atomic E-state index is 0.157. The Morgan fingerprint density at radius 2 is 2.18 bits per heavy atom. The van der Waals surface area contributed by atoms with Crippen LogP contribution in [0.1, 0.15) is 23.8 Å². The third kappa shape index (κ3) is 2.96. The Morgan fingerprint density at radius 1 is 1.41 bits per heavy atom. The first kappa shape index (κ1) is 14.6. The van der Waals surface area contributed by atoms with Crippen molar-refractivity contribution in [3.8, 4) is 5.75 Å². The van der Waals surface area contributed by atoms with Gasteiger partial charge in [0, 0.05) is 19.2 Å². The maximum absolute atomic E-state index is 12.3. The molecule has 6 heteroatoms. The zero-order valence-electron chi connectivity index (χ0n) is 12.4. The molecule has 1 aliphatic heterocycles. The van der Waals surface area contributed by atoms with Crippen LogP contribution >= 0.6 is 0 Å². The molecule has 0 saturated carbocycles. The van der Waals surface area contributed by atoms with Crippen LogP contribution < -0.4 is 4.74 Å². The number of hydrogen-bond donors (Lipinski definition) is 2. The number of carbonyl (C=O) groups excluding carboxylic acids is 1. The minimum atomic E-state index is -1.11. The van der Waals surface area contributed by atoms with E-state index in [1.807, 2.05) is 30.3 Å². The average molecular weight is 301 g/mol. The number of benzene rings is 1. The van der Waals surface area contributed by atoms with E-state index < -0.39 is 5.60 Å². The molecule has 2 N–H and O–H groups in total. The van der Waals surface area contributed by atoms with Gasteiger partial charge >= 0.3 is 0 Å². The summed E-state index contributed by atoms with van der Waals surface area (Å²) in [5, 5.41) is 17.1. The van der Waals surface area contributed by atoms with Gasteiger partial charge in [-0.1, -0.05) is 18.2 Å². The lowest BCUT2D eigenvalue weighted by atomic mass is 9.91. The molecule has 2 aromatic rings. The summed E-state index contributed by atoms with van der Waals surface area (Å²) in [6.07, 6.45) is 1.76. The molecule has 116 valence electrons. The van der Waals surface area contributed by atoms with E-state index in [9.17, 15) is 9.90 Å². The number of aromatic nitrogens is 2. The lowest BCUT2D eigenvalue weighted by Crippen LogP contribution is -2.58. The fourth-order valence-electron chi connectivity index (χ4n) is 2.72. The van der Waals surface area contributed by atoms with Gasteiger partial charge in [0.25, 0.3) is 5.91 Å². The van der Waals surface area contributed by atoms with Crippen molar-refractivity contribution in [1.29, 1.82) is 0 Å². The third-order valence-corrected chi connectivity index (χ3v) is 3.91. The second-order valence-corrected chi connectivity index (χ2v) is 5.76. The first-order valence-corrected chi connectivity index (χ1v) is 7.29. The normalized spacial score (nSPS) is 25.0. The van der Waals surface area contributed by atoms with E-state index >= 15 is 0 Å². The summed E-state index contributed by atoms with van der Waals surface area (Å²) < 4.78 is 5.88. The molecule has 1 aromatic carbocycles. The molecule has 0 radical (unpaired) electrons. The van der Waals surface area contributed by atoms with Gasteiger partial charge in [-0.2, -0.15) is 5.10 Å². The number of ether oxygens (including phenoxy) is 1. The predicted molar refractivity (Wildman–Crippen MR) is 80.6 cm³/mol. The first-order chi connectivity index (χ1) is 10.6. The minimum Gasteiger partial charge on any atom is -0.487 e. The Bertz CT molecular complexity index is 625. The molecule has 1 fully saturated rings. The first-order valence-electron chi connectivity index (χ1n) is 7.29. The van der Waals surface area contributed by atoms with Crippen molar-refractivity contribution < 1.29 is 14.6 Å². The molecule has 0 aliphatic carbocycles. The van der Waals surface area contributed by atoms with Crippen LogP contribution in [0.3, 0.4) is 0 Å². The van der Waals surface area contributed by atoms with Crippen LogP contribution in [0.4, 0.5) is 0 Å². The lowest BCUT2D eigenvalue weighted by molar-refractivity contribution is -0.0900. The number of amides is 1. The number of β-amino-alcohol motifs (C(OH)–C–C–N with tert-alkyl or cyclic N) is 1. The summed E-state index contributed by atoms with van der Waals surface area (Å²) in [5.41, 5.74) is -0.678. The highest BCUT2D eigenvalue weighted by Gasteiger charge is 2.41. The largest absolute Gasteiger partial charge is 0.487 e. The van der Waals surface area contributed by atoms with E-state index in [1.165, 1.54) is 6.20 Å².